The van der Waals surface area contributed by atoms with Crippen molar-refractivity contribution >= 4 is 5.97 Å². The molecule has 0 spiro atoms. The van der Waals surface area contributed by atoms with Crippen LogP contribution in [0.3, 0.4) is 0 Å². The van der Waals surface area contributed by atoms with Gasteiger partial charge in [-0.2, -0.15) is 0 Å². The summed E-state index contributed by atoms with van der Waals surface area (Å²) in [4.78, 5) is 19.8. The van der Waals surface area contributed by atoms with Crippen molar-refractivity contribution in [2.75, 3.05) is 26.7 Å². The van der Waals surface area contributed by atoms with Gasteiger partial charge in [-0.1, -0.05) is 13.0 Å². The monoisotopic (exact) mass is 263 g/mol. The van der Waals surface area contributed by atoms with Crippen LogP contribution >= 0.6 is 0 Å². The summed E-state index contributed by atoms with van der Waals surface area (Å²) in [7, 11) is 2.16. The zero-order chi connectivity index (χ0) is 13.8. The largest absolute Gasteiger partial charge is 0.477 e. The molecule has 2 rings (SSSR count). The van der Waals surface area contributed by atoms with Gasteiger partial charge in [-0.3, -0.25) is 4.90 Å². The fraction of sp³-hybridized carbons (Fsp3) is 0.571. The van der Waals surface area contributed by atoms with Gasteiger partial charge in [0.05, 0.1) is 5.69 Å². The summed E-state index contributed by atoms with van der Waals surface area (Å²) < 4.78 is 0. The highest BCUT2D eigenvalue weighted by Crippen LogP contribution is 2.13. The van der Waals surface area contributed by atoms with Gasteiger partial charge in [0.25, 0.3) is 0 Å². The number of pyridine rings is 1. The van der Waals surface area contributed by atoms with Crippen LogP contribution in [0.15, 0.2) is 18.2 Å². The minimum absolute atomic E-state index is 0.124. The van der Waals surface area contributed by atoms with Crippen LogP contribution < -0.4 is 0 Å². The summed E-state index contributed by atoms with van der Waals surface area (Å²) in [5, 5.41) is 8.95. The zero-order valence-electron chi connectivity index (χ0n) is 11.5. The van der Waals surface area contributed by atoms with Crippen molar-refractivity contribution in [1.82, 2.24) is 14.8 Å². The maximum Gasteiger partial charge on any atom is 0.354 e. The third kappa shape index (κ3) is 3.52. The molecule has 1 aliphatic heterocycles. The Kier molecular flexibility index (Phi) is 4.50. The second kappa shape index (κ2) is 6.12. The van der Waals surface area contributed by atoms with E-state index in [0.29, 0.717) is 6.04 Å². The van der Waals surface area contributed by atoms with Crippen LogP contribution in [-0.2, 0) is 6.54 Å². The van der Waals surface area contributed by atoms with E-state index in [2.05, 4.69) is 28.8 Å². The molecule has 0 aliphatic carbocycles. The first kappa shape index (κ1) is 14.0. The van der Waals surface area contributed by atoms with Gasteiger partial charge in [0.1, 0.15) is 5.69 Å². The molecule has 19 heavy (non-hydrogen) atoms. The normalized spacial score (nSPS) is 21.5. The van der Waals surface area contributed by atoms with Crippen LogP contribution in [0.5, 0.6) is 0 Å². The number of carboxylic acid groups (broad SMARTS) is 1. The first-order valence-electron chi connectivity index (χ1n) is 6.72. The number of carbonyl (C=O) groups is 1. The van der Waals surface area contributed by atoms with E-state index < -0.39 is 5.97 Å². The van der Waals surface area contributed by atoms with Gasteiger partial charge in [0.2, 0.25) is 0 Å². The molecule has 5 heteroatoms. The molecule has 0 saturated carbocycles. The number of hydrogen-bond acceptors (Lipinski definition) is 4. The number of nitrogens with zero attached hydrogens (tertiary/aromatic N) is 3. The summed E-state index contributed by atoms with van der Waals surface area (Å²) in [6.07, 6.45) is 1.13. The average Bonchev–Trinajstić information content (AvgIpc) is 2.41. The SMILES string of the molecule is CCC1CN(Cc2cccc(C(=O)O)n2)CCN1C. The van der Waals surface area contributed by atoms with Gasteiger partial charge in [0, 0.05) is 32.2 Å². The molecule has 0 radical (unpaired) electrons. The molecule has 1 aliphatic rings. The van der Waals surface area contributed by atoms with Gasteiger partial charge in [-0.15, -0.1) is 0 Å². The maximum atomic E-state index is 10.9. The lowest BCUT2D eigenvalue weighted by Gasteiger charge is -2.39. The number of aromatic carboxylic acids is 1. The lowest BCUT2D eigenvalue weighted by Crippen LogP contribution is -2.50. The van der Waals surface area contributed by atoms with E-state index in [4.69, 9.17) is 5.11 Å². The van der Waals surface area contributed by atoms with Crippen LogP contribution in [0.1, 0.15) is 29.5 Å². The predicted molar refractivity (Wildman–Crippen MR) is 73.2 cm³/mol. The molecule has 1 aromatic rings. The van der Waals surface area contributed by atoms with Crippen molar-refractivity contribution in [3.63, 3.8) is 0 Å². The number of aromatic nitrogens is 1. The van der Waals surface area contributed by atoms with E-state index in [1.54, 1.807) is 6.07 Å². The molecule has 2 heterocycles. The maximum absolute atomic E-state index is 10.9. The van der Waals surface area contributed by atoms with Gasteiger partial charge in [-0.05, 0) is 25.6 Å². The van der Waals surface area contributed by atoms with Crippen LogP contribution in [-0.4, -0.2) is 58.6 Å². The minimum Gasteiger partial charge on any atom is -0.477 e. The van der Waals surface area contributed by atoms with E-state index in [1.807, 2.05) is 6.07 Å². The number of piperazine rings is 1. The van der Waals surface area contributed by atoms with Crippen LogP contribution in [0.2, 0.25) is 0 Å². The number of rotatable bonds is 4. The molecule has 1 atom stereocenters. The second-order valence-corrected chi connectivity index (χ2v) is 5.10. The third-order valence-electron chi connectivity index (χ3n) is 3.74. The van der Waals surface area contributed by atoms with Crippen molar-refractivity contribution in [1.29, 1.82) is 0 Å². The molecule has 104 valence electrons. The van der Waals surface area contributed by atoms with Crippen molar-refractivity contribution in [3.8, 4) is 0 Å². The molecule has 1 N–H and O–H groups in total. The first-order chi connectivity index (χ1) is 9.10. The Morgan fingerprint density at radius 3 is 2.95 bits per heavy atom. The molecule has 1 saturated heterocycles. The van der Waals surface area contributed by atoms with Crippen molar-refractivity contribution in [2.45, 2.75) is 25.9 Å². The lowest BCUT2D eigenvalue weighted by atomic mass is 10.1. The Labute approximate surface area is 113 Å². The summed E-state index contributed by atoms with van der Waals surface area (Å²) >= 11 is 0. The molecular weight excluding hydrogens is 242 g/mol. The van der Waals surface area contributed by atoms with E-state index in [9.17, 15) is 4.79 Å². The zero-order valence-corrected chi connectivity index (χ0v) is 11.5. The Morgan fingerprint density at radius 2 is 2.26 bits per heavy atom. The summed E-state index contributed by atoms with van der Waals surface area (Å²) in [6, 6.07) is 5.77. The number of carboxylic acids is 1. The molecule has 0 amide bonds. The summed E-state index contributed by atoms with van der Waals surface area (Å²) in [5.74, 6) is -0.966. The Balaban J connectivity index is 2.01. The molecule has 1 unspecified atom stereocenters. The van der Waals surface area contributed by atoms with Gasteiger partial charge in [-0.25, -0.2) is 9.78 Å². The van der Waals surface area contributed by atoms with E-state index in [1.165, 1.54) is 6.07 Å². The van der Waals surface area contributed by atoms with Gasteiger partial charge in [0.15, 0.2) is 0 Å². The van der Waals surface area contributed by atoms with Crippen molar-refractivity contribution < 1.29 is 9.90 Å². The molecular formula is C14H21N3O2. The molecule has 1 fully saturated rings. The van der Waals surface area contributed by atoms with E-state index >= 15 is 0 Å². The highest BCUT2D eigenvalue weighted by Gasteiger charge is 2.23. The molecule has 0 aromatic carbocycles. The highest BCUT2D eigenvalue weighted by molar-refractivity contribution is 5.85. The third-order valence-corrected chi connectivity index (χ3v) is 3.74. The van der Waals surface area contributed by atoms with Crippen LogP contribution in [0.25, 0.3) is 0 Å². The molecule has 1 aromatic heterocycles. The highest BCUT2D eigenvalue weighted by atomic mass is 16.4. The second-order valence-electron chi connectivity index (χ2n) is 5.10. The van der Waals surface area contributed by atoms with Gasteiger partial charge >= 0.3 is 5.97 Å². The van der Waals surface area contributed by atoms with Crippen LogP contribution in [0, 0.1) is 0 Å². The number of likely N-dealkylation sites (N-methyl/N-ethyl adjacent to an activating group) is 1. The number of hydrogen-bond donors (Lipinski definition) is 1. The van der Waals surface area contributed by atoms with E-state index in [-0.39, 0.29) is 5.69 Å². The van der Waals surface area contributed by atoms with Gasteiger partial charge < -0.3 is 10.0 Å². The Bertz CT molecular complexity index is 450. The fourth-order valence-corrected chi connectivity index (χ4v) is 2.51. The predicted octanol–water partition coefficient (Wildman–Crippen LogP) is 1.31. The van der Waals surface area contributed by atoms with Crippen molar-refractivity contribution in [3.05, 3.63) is 29.6 Å². The van der Waals surface area contributed by atoms with Crippen LogP contribution in [0.4, 0.5) is 0 Å². The van der Waals surface area contributed by atoms with E-state index in [0.717, 1.165) is 38.3 Å². The minimum atomic E-state index is -0.966. The van der Waals surface area contributed by atoms with Crippen molar-refractivity contribution in [2.24, 2.45) is 0 Å². The fourth-order valence-electron chi connectivity index (χ4n) is 2.51. The Morgan fingerprint density at radius 1 is 1.47 bits per heavy atom. The summed E-state index contributed by atoms with van der Waals surface area (Å²) in [5.41, 5.74) is 0.956. The Hall–Kier alpha value is -1.46. The topological polar surface area (TPSA) is 56.7 Å². The quantitative estimate of drug-likeness (QED) is 0.887. The smallest absolute Gasteiger partial charge is 0.354 e. The molecule has 0 bridgehead atoms. The first-order valence-corrected chi connectivity index (χ1v) is 6.72. The lowest BCUT2D eigenvalue weighted by molar-refractivity contribution is 0.0688. The standard InChI is InChI=1S/C14H21N3O2/c1-3-12-10-17(8-7-16(12)2)9-11-5-4-6-13(15-11)14(18)19/h4-6,12H,3,7-10H2,1-2H3,(H,18,19). The molecule has 5 nitrogen and oxygen atoms in total. The average molecular weight is 263 g/mol. The summed E-state index contributed by atoms with van der Waals surface area (Å²) in [6.45, 7) is 6.01.